The van der Waals surface area contributed by atoms with Crippen LogP contribution in [0.4, 0.5) is 0 Å². The molecule has 0 saturated carbocycles. The summed E-state index contributed by atoms with van der Waals surface area (Å²) >= 11 is 0. The number of rotatable bonds is 0. The molecule has 164 valence electrons. The molecule has 0 amide bonds. The molecular weight excluding hydrogens is 380 g/mol. The van der Waals surface area contributed by atoms with Crippen molar-refractivity contribution in [3.63, 3.8) is 0 Å². The summed E-state index contributed by atoms with van der Waals surface area (Å²) in [5, 5.41) is 10.9. The number of benzene rings is 1. The van der Waals surface area contributed by atoms with Crippen molar-refractivity contribution in [2.45, 2.75) is 78.9 Å². The molecule has 1 fully saturated rings. The van der Waals surface area contributed by atoms with Gasteiger partial charge in [0.25, 0.3) is 0 Å². The average molecular weight is 415 g/mol. The first-order valence-electron chi connectivity index (χ1n) is 10.7. The number of aryl methyl sites for hydroxylation is 2. The molecule has 1 N–H and O–H groups in total. The zero-order chi connectivity index (χ0) is 22.2. The lowest BCUT2D eigenvalue weighted by Gasteiger charge is -2.25. The minimum Gasteiger partial charge on any atom is -0.364 e. The van der Waals surface area contributed by atoms with Gasteiger partial charge in [0.15, 0.2) is 17.9 Å². The molecule has 1 aromatic carbocycles. The maximum Gasteiger partial charge on any atom is 0.186 e. The second-order valence-corrected chi connectivity index (χ2v) is 9.14. The fraction of sp³-hybridized carbons (Fsp3) is 0.560. The van der Waals surface area contributed by atoms with Gasteiger partial charge < -0.3 is 19.3 Å². The van der Waals surface area contributed by atoms with Crippen molar-refractivity contribution in [3.05, 3.63) is 52.6 Å². The van der Waals surface area contributed by atoms with E-state index in [1.54, 1.807) is 6.08 Å². The van der Waals surface area contributed by atoms with E-state index in [0.29, 0.717) is 0 Å². The highest BCUT2D eigenvalue weighted by atomic mass is 16.8. The first-order valence-corrected chi connectivity index (χ1v) is 10.7. The van der Waals surface area contributed by atoms with Crippen LogP contribution in [0.15, 0.2) is 30.4 Å². The van der Waals surface area contributed by atoms with Gasteiger partial charge in [-0.05, 0) is 51.8 Å². The van der Waals surface area contributed by atoms with E-state index in [2.05, 4.69) is 0 Å². The molecule has 30 heavy (non-hydrogen) atoms. The van der Waals surface area contributed by atoms with Crippen LogP contribution in [-0.4, -0.2) is 35.0 Å². The SMILES string of the molecule is Cc1cc(C)c2c(c1)/C=C/C(C)C1OC(C)(C)OC1C(=O)/C=C\[C@@H](C)[C@H](C)OC2O. The normalized spacial score (nSPS) is 36.5. The van der Waals surface area contributed by atoms with E-state index in [9.17, 15) is 9.90 Å². The van der Waals surface area contributed by atoms with Gasteiger partial charge in [-0.3, -0.25) is 4.79 Å². The van der Waals surface area contributed by atoms with Crippen LogP contribution in [0, 0.1) is 25.7 Å². The maximum atomic E-state index is 12.9. The summed E-state index contributed by atoms with van der Waals surface area (Å²) in [6, 6.07) is 4.08. The molecule has 5 heteroatoms. The quantitative estimate of drug-likeness (QED) is 0.670. The Morgan fingerprint density at radius 2 is 1.63 bits per heavy atom. The molecule has 0 spiro atoms. The Bertz CT molecular complexity index is 853. The maximum absolute atomic E-state index is 12.9. The topological polar surface area (TPSA) is 65.0 Å². The highest BCUT2D eigenvalue weighted by Gasteiger charge is 2.46. The molecule has 3 rings (SSSR count). The zero-order valence-electron chi connectivity index (χ0n) is 19.0. The van der Waals surface area contributed by atoms with E-state index < -0.39 is 18.2 Å². The minimum absolute atomic E-state index is 0.0671. The fourth-order valence-electron chi connectivity index (χ4n) is 4.14. The zero-order valence-corrected chi connectivity index (χ0v) is 19.0. The number of carbonyl (C=O) groups excluding carboxylic acids is 1. The largest absolute Gasteiger partial charge is 0.364 e. The Morgan fingerprint density at radius 3 is 2.33 bits per heavy atom. The van der Waals surface area contributed by atoms with Gasteiger partial charge in [-0.2, -0.15) is 0 Å². The third kappa shape index (κ3) is 4.92. The molecule has 5 nitrogen and oxygen atoms in total. The number of hydrogen-bond donors (Lipinski definition) is 1. The lowest BCUT2D eigenvalue weighted by molar-refractivity contribution is -0.154. The monoisotopic (exact) mass is 414 g/mol. The Balaban J connectivity index is 2.07. The summed E-state index contributed by atoms with van der Waals surface area (Å²) in [6.07, 6.45) is 5.00. The summed E-state index contributed by atoms with van der Waals surface area (Å²) in [5.41, 5.74) is 3.75. The van der Waals surface area contributed by atoms with E-state index >= 15 is 0 Å². The predicted octanol–water partition coefficient (Wildman–Crippen LogP) is 4.64. The molecule has 1 saturated heterocycles. The summed E-state index contributed by atoms with van der Waals surface area (Å²) in [6.45, 7) is 13.6. The standard InChI is InChI=1S/C25H34O5/c1-14-12-17(4)21-19(13-14)10-8-16(3)22-23(30-25(6,7)29-22)20(26)11-9-15(2)18(5)28-24(21)27/h8-13,15-16,18,22-24,27H,1-7H3/b10-8+,11-9-/t15-,16?,18+,22?,23?,24?/m1/s1. The van der Waals surface area contributed by atoms with Gasteiger partial charge in [-0.25, -0.2) is 0 Å². The summed E-state index contributed by atoms with van der Waals surface area (Å²) in [5.74, 6) is -1.07. The van der Waals surface area contributed by atoms with Gasteiger partial charge in [0, 0.05) is 17.4 Å². The number of aliphatic hydroxyl groups is 1. The molecule has 0 aromatic heterocycles. The third-order valence-corrected chi connectivity index (χ3v) is 5.97. The molecule has 2 aliphatic rings. The van der Waals surface area contributed by atoms with Crippen molar-refractivity contribution < 1.29 is 24.1 Å². The highest BCUT2D eigenvalue weighted by Crippen LogP contribution is 2.35. The summed E-state index contributed by atoms with van der Waals surface area (Å²) in [4.78, 5) is 12.9. The van der Waals surface area contributed by atoms with E-state index in [4.69, 9.17) is 14.2 Å². The van der Waals surface area contributed by atoms with Gasteiger partial charge in [-0.1, -0.05) is 49.8 Å². The molecule has 0 aliphatic carbocycles. The lowest BCUT2D eigenvalue weighted by Crippen LogP contribution is -2.34. The van der Waals surface area contributed by atoms with Crippen LogP contribution in [0.1, 0.15) is 63.2 Å². The van der Waals surface area contributed by atoms with E-state index in [1.807, 2.05) is 78.8 Å². The van der Waals surface area contributed by atoms with Gasteiger partial charge >= 0.3 is 0 Å². The number of hydrogen-bond acceptors (Lipinski definition) is 5. The van der Waals surface area contributed by atoms with Gasteiger partial charge in [0.05, 0.1) is 6.10 Å². The average Bonchev–Trinajstić information content (AvgIpc) is 2.98. The number of fused-ring (bicyclic) bond motifs is 2. The number of ketones is 1. The molecule has 1 aromatic rings. The summed E-state index contributed by atoms with van der Waals surface area (Å²) < 4.78 is 18.0. The van der Waals surface area contributed by atoms with Crippen LogP contribution in [-0.2, 0) is 19.0 Å². The van der Waals surface area contributed by atoms with Crippen LogP contribution in [0.2, 0.25) is 0 Å². The van der Waals surface area contributed by atoms with Crippen molar-refractivity contribution in [2.75, 3.05) is 0 Å². The van der Waals surface area contributed by atoms with E-state index in [1.165, 1.54) is 0 Å². The van der Waals surface area contributed by atoms with Crippen molar-refractivity contribution in [2.24, 2.45) is 11.8 Å². The smallest absolute Gasteiger partial charge is 0.186 e. The van der Waals surface area contributed by atoms with Crippen LogP contribution in [0.3, 0.4) is 0 Å². The van der Waals surface area contributed by atoms with Gasteiger partial charge in [0.1, 0.15) is 12.2 Å². The molecule has 2 heterocycles. The van der Waals surface area contributed by atoms with Crippen molar-refractivity contribution in [1.82, 2.24) is 0 Å². The van der Waals surface area contributed by atoms with Crippen LogP contribution in [0.25, 0.3) is 6.08 Å². The number of carbonyl (C=O) groups is 1. The predicted molar refractivity (Wildman–Crippen MR) is 117 cm³/mol. The molecule has 0 radical (unpaired) electrons. The Labute approximate surface area is 179 Å². The van der Waals surface area contributed by atoms with Gasteiger partial charge in [0.2, 0.25) is 0 Å². The van der Waals surface area contributed by atoms with Crippen molar-refractivity contribution >= 4 is 11.9 Å². The lowest BCUT2D eigenvalue weighted by atomic mass is 9.92. The van der Waals surface area contributed by atoms with Gasteiger partial charge in [-0.15, -0.1) is 0 Å². The first-order chi connectivity index (χ1) is 14.0. The second kappa shape index (κ2) is 8.75. The fourth-order valence-corrected chi connectivity index (χ4v) is 4.14. The minimum atomic E-state index is -1.05. The van der Waals surface area contributed by atoms with Crippen molar-refractivity contribution in [3.8, 4) is 0 Å². The highest BCUT2D eigenvalue weighted by molar-refractivity contribution is 5.94. The Morgan fingerprint density at radius 1 is 0.967 bits per heavy atom. The first kappa shape index (κ1) is 22.9. The Kier molecular flexibility index (Phi) is 6.68. The van der Waals surface area contributed by atoms with Crippen LogP contribution in [0.5, 0.6) is 0 Å². The molecule has 2 aliphatic heterocycles. The van der Waals surface area contributed by atoms with Crippen LogP contribution >= 0.6 is 0 Å². The second-order valence-electron chi connectivity index (χ2n) is 9.14. The molecule has 0 bridgehead atoms. The Hall–Kier alpha value is -1.79. The molecule has 6 atom stereocenters. The van der Waals surface area contributed by atoms with E-state index in [0.717, 1.165) is 22.3 Å². The number of ether oxygens (including phenoxy) is 3. The van der Waals surface area contributed by atoms with E-state index in [-0.39, 0.29) is 29.8 Å². The van der Waals surface area contributed by atoms with Crippen molar-refractivity contribution in [1.29, 1.82) is 0 Å². The third-order valence-electron chi connectivity index (χ3n) is 5.97. The molecular formula is C25H34O5. The number of aliphatic hydroxyl groups excluding tert-OH is 1. The molecule has 4 unspecified atom stereocenters. The summed E-state index contributed by atoms with van der Waals surface area (Å²) in [7, 11) is 0. The van der Waals surface area contributed by atoms with Crippen LogP contribution < -0.4 is 0 Å².